The summed E-state index contributed by atoms with van der Waals surface area (Å²) in [5, 5.41) is 3.33. The summed E-state index contributed by atoms with van der Waals surface area (Å²) in [4.78, 5) is 6.61. The number of benzene rings is 1. The van der Waals surface area contributed by atoms with E-state index >= 15 is 0 Å². The van der Waals surface area contributed by atoms with E-state index in [1.165, 1.54) is 17.7 Å². The van der Waals surface area contributed by atoms with Crippen LogP contribution in [0, 0.1) is 11.7 Å². The zero-order valence-corrected chi connectivity index (χ0v) is 15.4. The van der Waals surface area contributed by atoms with Gasteiger partial charge in [0.2, 0.25) is 0 Å². The largest absolute Gasteiger partial charge is 0.385 e. The van der Waals surface area contributed by atoms with Gasteiger partial charge in [-0.3, -0.25) is 9.88 Å². The summed E-state index contributed by atoms with van der Waals surface area (Å²) in [6.45, 7) is 5.43. The third-order valence-electron chi connectivity index (χ3n) is 5.26. The number of nitrogens with one attached hydrogen (secondary N) is 1. The van der Waals surface area contributed by atoms with Gasteiger partial charge in [0.25, 0.3) is 0 Å². The minimum absolute atomic E-state index is 0.220. The van der Waals surface area contributed by atoms with Crippen LogP contribution >= 0.6 is 0 Å². The lowest BCUT2D eigenvalue weighted by molar-refractivity contribution is -0.0562. The number of rotatable bonds is 5. The standard InChI is InChI=1S/C21H26FN3O2/c22-19-4-1-5-20(9-19)24-12-18-10-21(27-14-18)15-25(7-8-26-16-21)13-17-3-2-6-23-11-17/h1-6,9,11,18,24H,7-8,10,12-16H2/t18-,21-/m0/s1. The van der Waals surface area contributed by atoms with E-state index in [0.717, 1.165) is 44.9 Å². The molecule has 0 aliphatic carbocycles. The molecular formula is C21H26FN3O2. The molecule has 4 rings (SSSR count). The van der Waals surface area contributed by atoms with E-state index in [1.807, 2.05) is 18.3 Å². The molecule has 2 aliphatic heterocycles. The van der Waals surface area contributed by atoms with Crippen molar-refractivity contribution in [3.63, 3.8) is 0 Å². The second kappa shape index (κ2) is 8.33. The molecule has 6 heteroatoms. The number of hydrogen-bond acceptors (Lipinski definition) is 5. The van der Waals surface area contributed by atoms with Gasteiger partial charge in [-0.2, -0.15) is 0 Å². The Bertz CT molecular complexity index is 745. The molecule has 2 saturated heterocycles. The molecule has 0 unspecified atom stereocenters. The molecule has 2 atom stereocenters. The maximum atomic E-state index is 13.3. The smallest absolute Gasteiger partial charge is 0.125 e. The Labute approximate surface area is 159 Å². The molecule has 144 valence electrons. The van der Waals surface area contributed by atoms with Gasteiger partial charge < -0.3 is 14.8 Å². The van der Waals surface area contributed by atoms with Gasteiger partial charge in [0, 0.05) is 50.2 Å². The van der Waals surface area contributed by atoms with E-state index in [9.17, 15) is 4.39 Å². The highest BCUT2D eigenvalue weighted by Crippen LogP contribution is 2.33. The van der Waals surface area contributed by atoms with Crippen molar-refractivity contribution in [2.45, 2.75) is 18.6 Å². The van der Waals surface area contributed by atoms with Crippen molar-refractivity contribution < 1.29 is 13.9 Å². The van der Waals surface area contributed by atoms with E-state index in [4.69, 9.17) is 9.47 Å². The first-order valence-electron chi connectivity index (χ1n) is 9.53. The van der Waals surface area contributed by atoms with E-state index < -0.39 is 0 Å². The summed E-state index contributed by atoms with van der Waals surface area (Å²) in [6.07, 6.45) is 4.66. The Morgan fingerprint density at radius 3 is 3.11 bits per heavy atom. The van der Waals surface area contributed by atoms with Crippen LogP contribution in [0.25, 0.3) is 0 Å². The Balaban J connectivity index is 1.34. The van der Waals surface area contributed by atoms with Gasteiger partial charge in [-0.1, -0.05) is 12.1 Å². The molecule has 3 heterocycles. The Morgan fingerprint density at radius 2 is 2.26 bits per heavy atom. The van der Waals surface area contributed by atoms with Crippen molar-refractivity contribution >= 4 is 5.69 Å². The second-order valence-electron chi connectivity index (χ2n) is 7.58. The molecule has 0 amide bonds. The Kier molecular flexibility index (Phi) is 5.66. The first kappa shape index (κ1) is 18.3. The lowest BCUT2D eigenvalue weighted by Crippen LogP contribution is -2.43. The Morgan fingerprint density at radius 1 is 1.30 bits per heavy atom. The average Bonchev–Trinajstić information content (AvgIpc) is 2.96. The van der Waals surface area contributed by atoms with E-state index in [2.05, 4.69) is 21.3 Å². The van der Waals surface area contributed by atoms with Gasteiger partial charge in [0.05, 0.1) is 19.8 Å². The molecule has 1 aromatic carbocycles. The van der Waals surface area contributed by atoms with Crippen LogP contribution in [0.1, 0.15) is 12.0 Å². The van der Waals surface area contributed by atoms with E-state index in [-0.39, 0.29) is 11.4 Å². The number of pyridine rings is 1. The average molecular weight is 371 g/mol. The molecule has 1 N–H and O–H groups in total. The predicted octanol–water partition coefficient (Wildman–Crippen LogP) is 2.94. The minimum atomic E-state index is -0.257. The van der Waals surface area contributed by atoms with Crippen LogP contribution in [-0.2, 0) is 16.0 Å². The maximum Gasteiger partial charge on any atom is 0.125 e. The second-order valence-corrected chi connectivity index (χ2v) is 7.58. The van der Waals surface area contributed by atoms with Crippen molar-refractivity contribution in [2.24, 2.45) is 5.92 Å². The SMILES string of the molecule is Fc1cccc(NC[C@H]2CO[C@@]3(COCCN(Cc4cccnc4)C3)C2)c1. The normalized spacial score (nSPS) is 26.2. The van der Waals surface area contributed by atoms with Crippen molar-refractivity contribution in [3.8, 4) is 0 Å². The van der Waals surface area contributed by atoms with E-state index in [1.54, 1.807) is 12.3 Å². The molecule has 0 saturated carbocycles. The minimum Gasteiger partial charge on any atom is -0.385 e. The lowest BCUT2D eigenvalue weighted by atomic mass is 9.94. The van der Waals surface area contributed by atoms with Crippen molar-refractivity contribution in [2.75, 3.05) is 44.8 Å². The predicted molar refractivity (Wildman–Crippen MR) is 102 cm³/mol. The first-order chi connectivity index (χ1) is 13.2. The van der Waals surface area contributed by atoms with Crippen LogP contribution in [-0.4, -0.2) is 54.9 Å². The molecule has 27 heavy (non-hydrogen) atoms. The number of nitrogens with zero attached hydrogens (tertiary/aromatic N) is 2. The summed E-state index contributed by atoms with van der Waals surface area (Å²) in [6, 6.07) is 10.7. The van der Waals surface area contributed by atoms with Gasteiger partial charge in [-0.25, -0.2) is 4.39 Å². The number of ether oxygens (including phenoxy) is 2. The topological polar surface area (TPSA) is 46.6 Å². The van der Waals surface area contributed by atoms with E-state index in [0.29, 0.717) is 19.1 Å². The molecule has 2 aromatic rings. The highest BCUT2D eigenvalue weighted by Gasteiger charge is 2.43. The zero-order valence-electron chi connectivity index (χ0n) is 15.4. The number of anilines is 1. The quantitative estimate of drug-likeness (QED) is 0.876. The van der Waals surface area contributed by atoms with Crippen LogP contribution in [0.5, 0.6) is 0 Å². The number of hydrogen-bond donors (Lipinski definition) is 1. The molecule has 2 aliphatic rings. The third kappa shape index (κ3) is 4.83. The molecule has 0 radical (unpaired) electrons. The van der Waals surface area contributed by atoms with Gasteiger partial charge in [-0.15, -0.1) is 0 Å². The van der Waals surface area contributed by atoms with Gasteiger partial charge in [-0.05, 0) is 36.2 Å². The molecule has 1 spiro atoms. The maximum absolute atomic E-state index is 13.3. The molecule has 1 aromatic heterocycles. The van der Waals surface area contributed by atoms with Gasteiger partial charge in [0.15, 0.2) is 0 Å². The summed E-state index contributed by atoms with van der Waals surface area (Å²) in [5.74, 6) is 0.164. The summed E-state index contributed by atoms with van der Waals surface area (Å²) < 4.78 is 25.5. The monoisotopic (exact) mass is 371 g/mol. The van der Waals surface area contributed by atoms with Crippen molar-refractivity contribution in [1.82, 2.24) is 9.88 Å². The third-order valence-corrected chi connectivity index (χ3v) is 5.26. The molecule has 5 nitrogen and oxygen atoms in total. The van der Waals surface area contributed by atoms with Crippen molar-refractivity contribution in [3.05, 3.63) is 60.2 Å². The molecule has 2 fully saturated rings. The number of halogens is 1. The number of aromatic nitrogens is 1. The highest BCUT2D eigenvalue weighted by atomic mass is 19.1. The lowest BCUT2D eigenvalue weighted by Gasteiger charge is -2.31. The Hall–Kier alpha value is -2.02. The van der Waals surface area contributed by atoms with Crippen LogP contribution in [0.3, 0.4) is 0 Å². The highest BCUT2D eigenvalue weighted by molar-refractivity contribution is 5.43. The first-order valence-corrected chi connectivity index (χ1v) is 9.53. The van der Waals surface area contributed by atoms with Gasteiger partial charge in [0.1, 0.15) is 11.4 Å². The zero-order chi connectivity index (χ0) is 18.5. The fourth-order valence-electron chi connectivity index (χ4n) is 4.01. The summed E-state index contributed by atoms with van der Waals surface area (Å²) in [7, 11) is 0. The summed E-state index contributed by atoms with van der Waals surface area (Å²) >= 11 is 0. The summed E-state index contributed by atoms with van der Waals surface area (Å²) in [5.41, 5.74) is 1.76. The molecular weight excluding hydrogens is 345 g/mol. The van der Waals surface area contributed by atoms with Crippen LogP contribution in [0.4, 0.5) is 10.1 Å². The molecule has 0 bridgehead atoms. The van der Waals surface area contributed by atoms with Gasteiger partial charge >= 0.3 is 0 Å². The fourth-order valence-corrected chi connectivity index (χ4v) is 4.01. The fraction of sp³-hybridized carbons (Fsp3) is 0.476. The van der Waals surface area contributed by atoms with Crippen LogP contribution < -0.4 is 5.32 Å². The van der Waals surface area contributed by atoms with Crippen LogP contribution in [0.2, 0.25) is 0 Å². The van der Waals surface area contributed by atoms with Crippen LogP contribution in [0.15, 0.2) is 48.8 Å². The van der Waals surface area contributed by atoms with Crippen molar-refractivity contribution in [1.29, 1.82) is 0 Å².